The van der Waals surface area contributed by atoms with Gasteiger partial charge in [0, 0.05) is 11.8 Å². The molecule has 5 nitrogen and oxygen atoms in total. The first-order chi connectivity index (χ1) is 8.16. The van der Waals surface area contributed by atoms with Crippen molar-refractivity contribution < 1.29 is 4.92 Å². The lowest BCUT2D eigenvalue weighted by Crippen LogP contribution is -1.96. The van der Waals surface area contributed by atoms with Crippen LogP contribution >= 0.6 is 11.6 Å². The maximum absolute atomic E-state index is 10.6. The van der Waals surface area contributed by atoms with Crippen molar-refractivity contribution in [1.82, 2.24) is 4.98 Å². The predicted molar refractivity (Wildman–Crippen MR) is 65.6 cm³/mol. The number of para-hydroxylation sites is 1. The largest absolute Gasteiger partial charge is 0.340 e. The number of benzene rings is 1. The Morgan fingerprint density at radius 1 is 1.18 bits per heavy atom. The van der Waals surface area contributed by atoms with Crippen LogP contribution in [0.3, 0.4) is 0 Å². The molecule has 2 rings (SSSR count). The number of aromatic nitrogens is 1. The number of anilines is 2. The van der Waals surface area contributed by atoms with E-state index in [-0.39, 0.29) is 10.8 Å². The Morgan fingerprint density at radius 3 is 2.47 bits per heavy atom. The van der Waals surface area contributed by atoms with E-state index < -0.39 is 4.92 Å². The van der Waals surface area contributed by atoms with Gasteiger partial charge in [0.15, 0.2) is 0 Å². The van der Waals surface area contributed by atoms with E-state index in [4.69, 9.17) is 11.6 Å². The zero-order valence-corrected chi connectivity index (χ0v) is 9.39. The fourth-order valence-corrected chi connectivity index (χ4v) is 1.53. The van der Waals surface area contributed by atoms with Gasteiger partial charge in [-0.3, -0.25) is 10.1 Å². The average Bonchev–Trinajstić information content (AvgIpc) is 2.30. The lowest BCUT2D eigenvalue weighted by atomic mass is 10.3. The van der Waals surface area contributed by atoms with Crippen molar-refractivity contribution in [3.05, 3.63) is 57.7 Å². The topological polar surface area (TPSA) is 68.1 Å². The second kappa shape index (κ2) is 4.80. The normalized spacial score (nSPS) is 9.94. The Hall–Kier alpha value is -2.14. The lowest BCUT2D eigenvalue weighted by Gasteiger charge is -2.05. The summed E-state index contributed by atoms with van der Waals surface area (Å²) in [5.74, 6) is 0.465. The summed E-state index contributed by atoms with van der Waals surface area (Å²) >= 11 is 5.70. The molecule has 2 aromatic rings. The Morgan fingerprint density at radius 2 is 1.88 bits per heavy atom. The predicted octanol–water partition coefficient (Wildman–Crippen LogP) is 3.39. The molecule has 0 atom stereocenters. The summed E-state index contributed by atoms with van der Waals surface area (Å²) in [6, 6.07) is 12.2. The minimum Gasteiger partial charge on any atom is -0.340 e. The smallest absolute Gasteiger partial charge is 0.306 e. The summed E-state index contributed by atoms with van der Waals surface area (Å²) in [5.41, 5.74) is 0.634. The summed E-state index contributed by atoms with van der Waals surface area (Å²) in [5, 5.41) is 13.4. The van der Waals surface area contributed by atoms with Crippen molar-refractivity contribution in [3.8, 4) is 0 Å². The van der Waals surface area contributed by atoms with Crippen LogP contribution in [-0.4, -0.2) is 9.91 Å². The van der Waals surface area contributed by atoms with Crippen LogP contribution in [0, 0.1) is 10.1 Å². The summed E-state index contributed by atoms with van der Waals surface area (Å²) in [6.45, 7) is 0. The Bertz CT molecular complexity index is 546. The first kappa shape index (κ1) is 11.3. The van der Waals surface area contributed by atoms with Crippen LogP contribution < -0.4 is 5.32 Å². The van der Waals surface area contributed by atoms with Crippen molar-refractivity contribution in [1.29, 1.82) is 0 Å². The highest BCUT2D eigenvalue weighted by Gasteiger charge is 2.13. The molecule has 1 heterocycles. The van der Waals surface area contributed by atoms with Crippen molar-refractivity contribution in [2.24, 2.45) is 0 Å². The van der Waals surface area contributed by atoms with Crippen molar-refractivity contribution in [3.63, 3.8) is 0 Å². The SMILES string of the molecule is O=[N+]([O-])c1ccc(Nc2ccccc2)nc1Cl. The molecule has 0 bridgehead atoms. The highest BCUT2D eigenvalue weighted by atomic mass is 35.5. The van der Waals surface area contributed by atoms with E-state index in [0.717, 1.165) is 5.69 Å². The summed E-state index contributed by atoms with van der Waals surface area (Å²) in [6.07, 6.45) is 0. The van der Waals surface area contributed by atoms with E-state index in [1.165, 1.54) is 12.1 Å². The Balaban J connectivity index is 2.24. The number of halogens is 1. The maximum Gasteiger partial charge on any atom is 0.306 e. The van der Waals surface area contributed by atoms with Crippen molar-refractivity contribution in [2.45, 2.75) is 0 Å². The second-order valence-corrected chi connectivity index (χ2v) is 3.61. The summed E-state index contributed by atoms with van der Waals surface area (Å²) in [7, 11) is 0. The van der Waals surface area contributed by atoms with Crippen LogP contribution in [0.25, 0.3) is 0 Å². The zero-order valence-electron chi connectivity index (χ0n) is 8.63. The molecule has 0 aliphatic heterocycles. The minimum atomic E-state index is -0.568. The van der Waals surface area contributed by atoms with Crippen LogP contribution in [0.15, 0.2) is 42.5 Å². The number of nitrogens with one attached hydrogen (secondary N) is 1. The van der Waals surface area contributed by atoms with Gasteiger partial charge in [-0.05, 0) is 18.2 Å². The quantitative estimate of drug-likeness (QED) is 0.514. The van der Waals surface area contributed by atoms with Gasteiger partial charge in [-0.15, -0.1) is 0 Å². The van der Waals surface area contributed by atoms with Crippen LogP contribution in [-0.2, 0) is 0 Å². The number of nitrogens with zero attached hydrogens (tertiary/aromatic N) is 2. The molecule has 86 valence electrons. The van der Waals surface area contributed by atoms with Crippen LogP contribution in [0.4, 0.5) is 17.2 Å². The molecule has 0 spiro atoms. The molecule has 0 amide bonds. The molecule has 17 heavy (non-hydrogen) atoms. The molecule has 0 radical (unpaired) electrons. The van der Waals surface area contributed by atoms with Gasteiger partial charge < -0.3 is 5.32 Å². The maximum atomic E-state index is 10.6. The first-order valence-electron chi connectivity index (χ1n) is 4.80. The minimum absolute atomic E-state index is 0.129. The van der Waals surface area contributed by atoms with Crippen molar-refractivity contribution >= 4 is 28.8 Å². The molecule has 0 aliphatic rings. The van der Waals surface area contributed by atoms with E-state index >= 15 is 0 Å². The highest BCUT2D eigenvalue weighted by Crippen LogP contribution is 2.24. The number of rotatable bonds is 3. The van der Waals surface area contributed by atoms with E-state index in [9.17, 15) is 10.1 Å². The van der Waals surface area contributed by atoms with Crippen LogP contribution in [0.1, 0.15) is 0 Å². The molecule has 1 aromatic carbocycles. The van der Waals surface area contributed by atoms with E-state index in [0.29, 0.717) is 5.82 Å². The van der Waals surface area contributed by atoms with E-state index in [1.54, 1.807) is 0 Å². The molecule has 0 saturated carbocycles. The molecule has 1 N–H and O–H groups in total. The molecule has 0 aliphatic carbocycles. The monoisotopic (exact) mass is 249 g/mol. The van der Waals surface area contributed by atoms with Crippen LogP contribution in [0.2, 0.25) is 5.15 Å². The number of hydrogen-bond acceptors (Lipinski definition) is 4. The number of hydrogen-bond donors (Lipinski definition) is 1. The molecular formula is C11H8ClN3O2. The third kappa shape index (κ3) is 2.70. The van der Waals surface area contributed by atoms with Gasteiger partial charge in [0.2, 0.25) is 5.15 Å². The fraction of sp³-hybridized carbons (Fsp3) is 0. The molecule has 0 fully saturated rings. The zero-order chi connectivity index (χ0) is 12.3. The average molecular weight is 250 g/mol. The molecule has 6 heteroatoms. The van der Waals surface area contributed by atoms with Gasteiger partial charge in [-0.2, -0.15) is 0 Å². The van der Waals surface area contributed by atoms with Gasteiger partial charge in [0.25, 0.3) is 0 Å². The van der Waals surface area contributed by atoms with Gasteiger partial charge in [-0.25, -0.2) is 4.98 Å². The van der Waals surface area contributed by atoms with Gasteiger partial charge in [-0.1, -0.05) is 29.8 Å². The number of pyridine rings is 1. The van der Waals surface area contributed by atoms with Crippen molar-refractivity contribution in [2.75, 3.05) is 5.32 Å². The first-order valence-corrected chi connectivity index (χ1v) is 5.17. The lowest BCUT2D eigenvalue weighted by molar-refractivity contribution is -0.385. The molecule has 0 saturated heterocycles. The fourth-order valence-electron chi connectivity index (χ4n) is 1.30. The Labute approximate surface area is 102 Å². The van der Waals surface area contributed by atoms with E-state index in [2.05, 4.69) is 10.3 Å². The number of nitro groups is 1. The molecule has 0 unspecified atom stereocenters. The molecule has 1 aromatic heterocycles. The Kier molecular flexibility index (Phi) is 3.20. The molecular weight excluding hydrogens is 242 g/mol. The van der Waals surface area contributed by atoms with Gasteiger partial charge in [0.1, 0.15) is 5.82 Å². The summed E-state index contributed by atoms with van der Waals surface area (Å²) < 4.78 is 0. The third-order valence-corrected chi connectivity index (χ3v) is 2.35. The van der Waals surface area contributed by atoms with Gasteiger partial charge in [0.05, 0.1) is 4.92 Å². The summed E-state index contributed by atoms with van der Waals surface area (Å²) in [4.78, 5) is 13.9. The highest BCUT2D eigenvalue weighted by molar-refractivity contribution is 6.31. The standard InChI is InChI=1S/C11H8ClN3O2/c12-11-9(15(16)17)6-7-10(14-11)13-8-4-2-1-3-5-8/h1-7H,(H,13,14). The van der Waals surface area contributed by atoms with E-state index in [1.807, 2.05) is 30.3 Å². The second-order valence-electron chi connectivity index (χ2n) is 3.25. The van der Waals surface area contributed by atoms with Gasteiger partial charge >= 0.3 is 5.69 Å². The third-order valence-electron chi connectivity index (χ3n) is 2.07. The van der Waals surface area contributed by atoms with Crippen LogP contribution in [0.5, 0.6) is 0 Å².